The van der Waals surface area contributed by atoms with Crippen LogP contribution in [-0.4, -0.2) is 22.8 Å². The maximum atomic E-state index is 12.3. The second-order valence-electron chi connectivity index (χ2n) is 5.20. The van der Waals surface area contributed by atoms with Gasteiger partial charge in [0.1, 0.15) is 5.56 Å². The van der Waals surface area contributed by atoms with Crippen molar-refractivity contribution in [2.45, 2.75) is 20.0 Å². The van der Waals surface area contributed by atoms with Crippen molar-refractivity contribution in [1.29, 1.82) is 0 Å². The van der Waals surface area contributed by atoms with Crippen LogP contribution in [0.4, 0.5) is 5.69 Å². The number of halogens is 1. The maximum Gasteiger partial charge on any atom is 0.345 e. The van der Waals surface area contributed by atoms with Crippen LogP contribution in [0.5, 0.6) is 0 Å². The van der Waals surface area contributed by atoms with Gasteiger partial charge in [-0.1, -0.05) is 41.4 Å². The minimum Gasteiger partial charge on any atom is -0.450 e. The molecule has 24 heavy (non-hydrogen) atoms. The third kappa shape index (κ3) is 3.97. The molecule has 2 aromatic rings. The van der Waals surface area contributed by atoms with E-state index in [0.717, 1.165) is 17.7 Å². The molecule has 0 aromatic heterocycles. The van der Waals surface area contributed by atoms with Gasteiger partial charge in [-0.3, -0.25) is 14.9 Å². The number of rotatable bonds is 5. The Balaban J connectivity index is 2.20. The minimum absolute atomic E-state index is 0.157. The second kappa shape index (κ2) is 7.23. The lowest BCUT2D eigenvalue weighted by Crippen LogP contribution is -2.24. The number of ketones is 1. The van der Waals surface area contributed by atoms with E-state index < -0.39 is 28.5 Å². The molecule has 6 nitrogen and oxygen atoms in total. The highest BCUT2D eigenvalue weighted by Crippen LogP contribution is 2.24. The number of nitro benzene ring substituents is 1. The molecule has 0 fully saturated rings. The Kier molecular flexibility index (Phi) is 5.31. The van der Waals surface area contributed by atoms with Crippen LogP contribution < -0.4 is 0 Å². The Bertz CT molecular complexity index is 801. The smallest absolute Gasteiger partial charge is 0.345 e. The number of nitro groups is 1. The molecule has 124 valence electrons. The van der Waals surface area contributed by atoms with Gasteiger partial charge in [-0.2, -0.15) is 0 Å². The summed E-state index contributed by atoms with van der Waals surface area (Å²) in [4.78, 5) is 34.7. The third-order valence-electron chi connectivity index (χ3n) is 3.36. The molecule has 0 radical (unpaired) electrons. The number of carbonyl (C=O) groups is 2. The SMILES string of the molecule is Cc1ccc(C(=O)[C@H](C)OC(=O)c2cc(Cl)ccc2[N+](=O)[O-])cc1. The van der Waals surface area contributed by atoms with Gasteiger partial charge in [0.05, 0.1) is 4.92 Å². The zero-order chi connectivity index (χ0) is 17.9. The summed E-state index contributed by atoms with van der Waals surface area (Å²) in [6, 6.07) is 10.4. The van der Waals surface area contributed by atoms with Gasteiger partial charge >= 0.3 is 5.97 Å². The topological polar surface area (TPSA) is 86.5 Å². The van der Waals surface area contributed by atoms with Crippen molar-refractivity contribution in [2.75, 3.05) is 0 Å². The molecule has 2 rings (SSSR count). The first-order valence-corrected chi connectivity index (χ1v) is 7.43. The molecular formula is C17H14ClNO5. The number of Topliss-reactive ketones (excluding diaryl/α,β-unsaturated/α-hetero) is 1. The summed E-state index contributed by atoms with van der Waals surface area (Å²) in [5.74, 6) is -1.37. The van der Waals surface area contributed by atoms with Crippen molar-refractivity contribution in [2.24, 2.45) is 0 Å². The highest BCUT2D eigenvalue weighted by molar-refractivity contribution is 6.31. The van der Waals surface area contributed by atoms with Gasteiger partial charge in [-0.15, -0.1) is 0 Å². The van der Waals surface area contributed by atoms with Crippen LogP contribution in [0, 0.1) is 17.0 Å². The fourth-order valence-corrected chi connectivity index (χ4v) is 2.23. The van der Waals surface area contributed by atoms with Gasteiger partial charge in [-0.25, -0.2) is 4.79 Å². The van der Waals surface area contributed by atoms with Gasteiger partial charge in [-0.05, 0) is 26.0 Å². The number of carbonyl (C=O) groups excluding carboxylic acids is 2. The summed E-state index contributed by atoms with van der Waals surface area (Å²) in [5.41, 5.74) is 0.655. The number of hydrogen-bond donors (Lipinski definition) is 0. The van der Waals surface area contributed by atoms with Crippen molar-refractivity contribution >= 4 is 29.0 Å². The van der Waals surface area contributed by atoms with E-state index in [-0.39, 0.29) is 10.6 Å². The summed E-state index contributed by atoms with van der Waals surface area (Å²) >= 11 is 5.78. The normalized spacial score (nSPS) is 11.6. The molecule has 0 heterocycles. The van der Waals surface area contributed by atoms with Crippen molar-refractivity contribution in [3.05, 3.63) is 74.3 Å². The van der Waals surface area contributed by atoms with Crippen molar-refractivity contribution in [3.8, 4) is 0 Å². The number of esters is 1. The summed E-state index contributed by atoms with van der Waals surface area (Å²) in [6.07, 6.45) is -1.08. The molecule has 0 bridgehead atoms. The monoisotopic (exact) mass is 347 g/mol. The average Bonchev–Trinajstić information content (AvgIpc) is 2.54. The fraction of sp³-hybridized carbons (Fsp3) is 0.176. The number of aryl methyl sites for hydroxylation is 1. The Morgan fingerprint density at radius 3 is 2.38 bits per heavy atom. The molecule has 7 heteroatoms. The Hall–Kier alpha value is -2.73. The highest BCUT2D eigenvalue weighted by atomic mass is 35.5. The molecule has 0 N–H and O–H groups in total. The van der Waals surface area contributed by atoms with E-state index in [0.29, 0.717) is 5.56 Å². The fourth-order valence-electron chi connectivity index (χ4n) is 2.06. The minimum atomic E-state index is -1.08. The Morgan fingerprint density at radius 2 is 1.79 bits per heavy atom. The molecule has 0 aliphatic rings. The van der Waals surface area contributed by atoms with Gasteiger partial charge in [0.2, 0.25) is 5.78 Å². The Labute approximate surface area is 143 Å². The van der Waals surface area contributed by atoms with Crippen LogP contribution >= 0.6 is 11.6 Å². The zero-order valence-electron chi connectivity index (χ0n) is 13.0. The molecule has 0 saturated heterocycles. The average molecular weight is 348 g/mol. The molecule has 0 spiro atoms. The highest BCUT2D eigenvalue weighted by Gasteiger charge is 2.26. The van der Waals surface area contributed by atoms with Crippen LogP contribution in [0.1, 0.15) is 33.2 Å². The Morgan fingerprint density at radius 1 is 1.17 bits per heavy atom. The van der Waals surface area contributed by atoms with E-state index in [1.807, 2.05) is 6.92 Å². The quantitative estimate of drug-likeness (QED) is 0.353. The first-order chi connectivity index (χ1) is 11.3. The first kappa shape index (κ1) is 17.6. The predicted octanol–water partition coefficient (Wildman–Crippen LogP) is 3.98. The molecule has 0 aliphatic heterocycles. The van der Waals surface area contributed by atoms with Gasteiger partial charge < -0.3 is 4.74 Å². The predicted molar refractivity (Wildman–Crippen MR) is 88.5 cm³/mol. The van der Waals surface area contributed by atoms with E-state index in [1.54, 1.807) is 24.3 Å². The number of ether oxygens (including phenoxy) is 1. The largest absolute Gasteiger partial charge is 0.450 e. The van der Waals surface area contributed by atoms with Gasteiger partial charge in [0, 0.05) is 16.7 Å². The van der Waals surface area contributed by atoms with Gasteiger partial charge in [0.15, 0.2) is 6.10 Å². The second-order valence-corrected chi connectivity index (χ2v) is 5.63. The molecular weight excluding hydrogens is 334 g/mol. The van der Waals surface area contributed by atoms with Crippen LogP contribution in [0.25, 0.3) is 0 Å². The maximum absolute atomic E-state index is 12.3. The lowest BCUT2D eigenvalue weighted by Gasteiger charge is -2.12. The molecule has 1 atom stereocenters. The summed E-state index contributed by atoms with van der Waals surface area (Å²) < 4.78 is 5.08. The number of nitrogens with zero attached hydrogens (tertiary/aromatic N) is 1. The lowest BCUT2D eigenvalue weighted by molar-refractivity contribution is -0.385. The molecule has 2 aromatic carbocycles. The summed E-state index contributed by atoms with van der Waals surface area (Å²) in [5, 5.41) is 11.2. The molecule has 0 aliphatic carbocycles. The third-order valence-corrected chi connectivity index (χ3v) is 3.60. The van der Waals surface area contributed by atoms with Crippen LogP contribution in [0.3, 0.4) is 0 Å². The van der Waals surface area contributed by atoms with Crippen molar-refractivity contribution < 1.29 is 19.2 Å². The summed E-state index contributed by atoms with van der Waals surface area (Å²) in [6.45, 7) is 3.30. The van der Waals surface area contributed by atoms with Gasteiger partial charge in [0.25, 0.3) is 5.69 Å². The first-order valence-electron chi connectivity index (χ1n) is 7.05. The van der Waals surface area contributed by atoms with E-state index in [1.165, 1.54) is 13.0 Å². The van der Waals surface area contributed by atoms with E-state index >= 15 is 0 Å². The number of benzene rings is 2. The summed E-state index contributed by atoms with van der Waals surface area (Å²) in [7, 11) is 0. The van der Waals surface area contributed by atoms with E-state index in [2.05, 4.69) is 0 Å². The van der Waals surface area contributed by atoms with E-state index in [9.17, 15) is 19.7 Å². The standard InChI is InChI=1S/C17H14ClNO5/c1-10-3-5-12(6-4-10)16(20)11(2)24-17(21)14-9-13(18)7-8-15(14)19(22)23/h3-9,11H,1-2H3/t11-/m0/s1. The van der Waals surface area contributed by atoms with Crippen molar-refractivity contribution in [1.82, 2.24) is 0 Å². The van der Waals surface area contributed by atoms with Crippen LogP contribution in [0.15, 0.2) is 42.5 Å². The molecule has 0 saturated carbocycles. The lowest BCUT2D eigenvalue weighted by atomic mass is 10.1. The molecule has 0 unspecified atom stereocenters. The number of hydrogen-bond acceptors (Lipinski definition) is 5. The van der Waals surface area contributed by atoms with Crippen LogP contribution in [0.2, 0.25) is 5.02 Å². The van der Waals surface area contributed by atoms with Crippen molar-refractivity contribution in [3.63, 3.8) is 0 Å². The molecule has 0 amide bonds. The zero-order valence-corrected chi connectivity index (χ0v) is 13.7. The van der Waals surface area contributed by atoms with Crippen LogP contribution in [-0.2, 0) is 4.74 Å². The van der Waals surface area contributed by atoms with E-state index in [4.69, 9.17) is 16.3 Å².